The van der Waals surface area contributed by atoms with Crippen LogP contribution in [0, 0.1) is 0 Å². The van der Waals surface area contributed by atoms with Crippen molar-refractivity contribution >= 4 is 26.0 Å². The number of amides is 1. The molecule has 0 bridgehead atoms. The van der Waals surface area contributed by atoms with Gasteiger partial charge in [0.05, 0.1) is 6.61 Å². The van der Waals surface area contributed by atoms with Gasteiger partial charge in [0.2, 0.25) is 0 Å². The van der Waals surface area contributed by atoms with Crippen LogP contribution in [0.1, 0.15) is 13.3 Å². The molecule has 0 aromatic heterocycles. The SMILES string of the molecule is CCCOC(=O)N(C)S(=O)(=O)Cl. The Morgan fingerprint density at radius 1 is 1.58 bits per heavy atom. The highest BCUT2D eigenvalue weighted by Crippen LogP contribution is 2.04. The van der Waals surface area contributed by atoms with Gasteiger partial charge < -0.3 is 4.74 Å². The van der Waals surface area contributed by atoms with E-state index in [1.165, 1.54) is 0 Å². The van der Waals surface area contributed by atoms with Crippen molar-refractivity contribution in [3.05, 3.63) is 0 Å². The molecule has 12 heavy (non-hydrogen) atoms. The molecule has 0 rings (SSSR count). The van der Waals surface area contributed by atoms with Crippen LogP contribution in [0.15, 0.2) is 0 Å². The second-order valence-electron chi connectivity index (χ2n) is 2.02. The van der Waals surface area contributed by atoms with Crippen molar-refractivity contribution < 1.29 is 17.9 Å². The zero-order chi connectivity index (χ0) is 9.78. The summed E-state index contributed by atoms with van der Waals surface area (Å²) in [5.74, 6) is 0. The van der Waals surface area contributed by atoms with Crippen LogP contribution in [0.3, 0.4) is 0 Å². The summed E-state index contributed by atoms with van der Waals surface area (Å²) < 4.78 is 25.9. The molecule has 0 saturated heterocycles. The molecule has 72 valence electrons. The van der Waals surface area contributed by atoms with Gasteiger partial charge >= 0.3 is 15.3 Å². The first kappa shape index (κ1) is 11.5. The zero-order valence-corrected chi connectivity index (χ0v) is 8.35. The lowest BCUT2D eigenvalue weighted by Crippen LogP contribution is -2.30. The fourth-order valence-electron chi connectivity index (χ4n) is 0.369. The molecule has 0 aromatic carbocycles. The van der Waals surface area contributed by atoms with Gasteiger partial charge in [0.1, 0.15) is 0 Å². The Balaban J connectivity index is 4.12. The van der Waals surface area contributed by atoms with E-state index in [9.17, 15) is 13.2 Å². The van der Waals surface area contributed by atoms with E-state index in [0.717, 1.165) is 7.05 Å². The Morgan fingerprint density at radius 2 is 2.08 bits per heavy atom. The summed E-state index contributed by atoms with van der Waals surface area (Å²) >= 11 is 0. The van der Waals surface area contributed by atoms with Gasteiger partial charge in [0.25, 0.3) is 0 Å². The van der Waals surface area contributed by atoms with Crippen LogP contribution in [0.4, 0.5) is 4.79 Å². The number of hydrogen-bond acceptors (Lipinski definition) is 4. The summed E-state index contributed by atoms with van der Waals surface area (Å²) in [5.41, 5.74) is 0. The van der Waals surface area contributed by atoms with E-state index in [-0.39, 0.29) is 6.61 Å². The number of ether oxygens (including phenoxy) is 1. The molecule has 5 nitrogen and oxygen atoms in total. The minimum atomic E-state index is -4.00. The molecule has 0 heterocycles. The first-order chi connectivity index (χ1) is 5.39. The highest BCUT2D eigenvalue weighted by molar-refractivity contribution is 8.12. The summed E-state index contributed by atoms with van der Waals surface area (Å²) in [6, 6.07) is 0. The highest BCUT2D eigenvalue weighted by Gasteiger charge is 2.21. The summed E-state index contributed by atoms with van der Waals surface area (Å²) in [6.45, 7) is 1.97. The number of carbonyl (C=O) groups excluding carboxylic acids is 1. The fraction of sp³-hybridized carbons (Fsp3) is 0.800. The smallest absolute Gasteiger partial charge is 0.424 e. The zero-order valence-electron chi connectivity index (χ0n) is 6.78. The lowest BCUT2D eigenvalue weighted by Gasteiger charge is -2.11. The largest absolute Gasteiger partial charge is 0.449 e. The second kappa shape index (κ2) is 4.51. The highest BCUT2D eigenvalue weighted by atomic mass is 35.7. The first-order valence-electron chi connectivity index (χ1n) is 3.25. The van der Waals surface area contributed by atoms with E-state index in [4.69, 9.17) is 10.7 Å². The van der Waals surface area contributed by atoms with Crippen LogP contribution in [-0.2, 0) is 14.0 Å². The number of nitrogens with zero attached hydrogens (tertiary/aromatic N) is 1. The molecule has 0 saturated carbocycles. The number of rotatable bonds is 3. The van der Waals surface area contributed by atoms with E-state index < -0.39 is 15.3 Å². The summed E-state index contributed by atoms with van der Waals surface area (Å²) in [5, 5.41) is 0. The van der Waals surface area contributed by atoms with Crippen molar-refractivity contribution in [2.45, 2.75) is 13.3 Å². The van der Waals surface area contributed by atoms with E-state index in [1.807, 2.05) is 0 Å². The summed E-state index contributed by atoms with van der Waals surface area (Å²) in [7, 11) is 1.88. The molecule has 0 aliphatic rings. The van der Waals surface area contributed by atoms with Gasteiger partial charge in [-0.3, -0.25) is 0 Å². The topological polar surface area (TPSA) is 63.7 Å². The van der Waals surface area contributed by atoms with Crippen LogP contribution in [0.25, 0.3) is 0 Å². The Bertz CT molecular complexity index is 250. The van der Waals surface area contributed by atoms with Crippen LogP contribution in [0.5, 0.6) is 0 Å². The van der Waals surface area contributed by atoms with E-state index >= 15 is 0 Å². The third kappa shape index (κ3) is 3.77. The van der Waals surface area contributed by atoms with Gasteiger partial charge in [-0.25, -0.2) is 4.79 Å². The van der Waals surface area contributed by atoms with Crippen LogP contribution < -0.4 is 0 Å². The maximum absolute atomic E-state index is 10.8. The first-order valence-corrected chi connectivity index (χ1v) is 5.51. The molecule has 0 radical (unpaired) electrons. The Morgan fingerprint density at radius 3 is 2.42 bits per heavy atom. The molecule has 0 unspecified atom stereocenters. The summed E-state index contributed by atoms with van der Waals surface area (Å²) in [4.78, 5) is 10.8. The molecule has 0 N–H and O–H groups in total. The lowest BCUT2D eigenvalue weighted by atomic mass is 10.5. The Labute approximate surface area is 75.8 Å². The average molecular weight is 216 g/mol. The standard InChI is InChI=1S/C5H10ClNO4S/c1-3-4-11-5(8)7(2)12(6,9)10/h3-4H2,1-2H3. The number of halogens is 1. The molecular formula is C5H10ClNO4S. The fourth-order valence-corrected chi connectivity index (χ4v) is 0.769. The Hall–Kier alpha value is -0.490. The average Bonchev–Trinajstić information content (AvgIpc) is 1.97. The molecule has 0 aliphatic heterocycles. The van der Waals surface area contributed by atoms with Crippen molar-refractivity contribution in [2.24, 2.45) is 0 Å². The van der Waals surface area contributed by atoms with Gasteiger partial charge in [0.15, 0.2) is 0 Å². The molecule has 0 aliphatic carbocycles. The molecule has 0 fully saturated rings. The quantitative estimate of drug-likeness (QED) is 0.658. The third-order valence-corrected chi connectivity index (χ3v) is 2.44. The Kier molecular flexibility index (Phi) is 4.33. The molecule has 7 heteroatoms. The normalized spacial score (nSPS) is 10.9. The van der Waals surface area contributed by atoms with Crippen molar-refractivity contribution in [3.63, 3.8) is 0 Å². The second-order valence-corrected chi connectivity index (χ2v) is 4.57. The maximum Gasteiger partial charge on any atom is 0.424 e. The van der Waals surface area contributed by atoms with E-state index in [0.29, 0.717) is 10.7 Å². The van der Waals surface area contributed by atoms with Gasteiger partial charge in [-0.05, 0) is 6.42 Å². The molecule has 1 amide bonds. The molecular weight excluding hydrogens is 206 g/mol. The van der Waals surface area contributed by atoms with Crippen molar-refractivity contribution in [1.82, 2.24) is 4.31 Å². The minimum absolute atomic E-state index is 0.176. The van der Waals surface area contributed by atoms with Crippen molar-refractivity contribution in [3.8, 4) is 0 Å². The lowest BCUT2D eigenvalue weighted by molar-refractivity contribution is 0.131. The van der Waals surface area contributed by atoms with E-state index in [2.05, 4.69) is 4.74 Å². The van der Waals surface area contributed by atoms with Gasteiger partial charge in [-0.1, -0.05) is 6.92 Å². The van der Waals surface area contributed by atoms with Crippen molar-refractivity contribution in [1.29, 1.82) is 0 Å². The number of carbonyl (C=O) groups is 1. The molecule has 0 aromatic rings. The predicted molar refractivity (Wildman–Crippen MR) is 44.2 cm³/mol. The van der Waals surface area contributed by atoms with Gasteiger partial charge in [-0.15, -0.1) is 0 Å². The van der Waals surface area contributed by atoms with Crippen molar-refractivity contribution in [2.75, 3.05) is 13.7 Å². The maximum atomic E-state index is 10.8. The summed E-state index contributed by atoms with van der Waals surface area (Å²) in [6.07, 6.45) is -0.339. The third-order valence-electron chi connectivity index (χ3n) is 1.01. The van der Waals surface area contributed by atoms with Gasteiger partial charge in [0, 0.05) is 17.7 Å². The van der Waals surface area contributed by atoms with Gasteiger partial charge in [-0.2, -0.15) is 12.7 Å². The van der Waals surface area contributed by atoms with Crippen LogP contribution in [0.2, 0.25) is 0 Å². The van der Waals surface area contributed by atoms with E-state index in [1.54, 1.807) is 6.92 Å². The minimum Gasteiger partial charge on any atom is -0.449 e. The predicted octanol–water partition coefficient (Wildman–Crippen LogP) is 0.948. The molecule has 0 spiro atoms. The van der Waals surface area contributed by atoms with Crippen LogP contribution in [-0.4, -0.2) is 32.5 Å². The number of hydrogen-bond donors (Lipinski definition) is 0. The molecule has 0 atom stereocenters. The monoisotopic (exact) mass is 215 g/mol. The van der Waals surface area contributed by atoms with Crippen LogP contribution >= 0.6 is 10.7 Å².